The molecule has 0 aliphatic carbocycles. The van der Waals surface area contributed by atoms with Gasteiger partial charge in [0.1, 0.15) is 0 Å². The molecule has 1 amide bonds. The molecule has 0 bridgehead atoms. The van der Waals surface area contributed by atoms with Crippen molar-refractivity contribution >= 4 is 11.6 Å². The number of amides is 1. The molecule has 52 valence electrons. The topological polar surface area (TPSA) is 54.9 Å². The molecular weight excluding hydrogens is 130 g/mol. The van der Waals surface area contributed by atoms with Gasteiger partial charge in [0.05, 0.1) is 18.1 Å². The highest BCUT2D eigenvalue weighted by molar-refractivity contribution is 5.88. The molecule has 0 spiro atoms. The molecular formula is C6H7N3O. The molecule has 0 saturated carbocycles. The number of anilines is 1. The Morgan fingerprint density at radius 1 is 1.60 bits per heavy atom. The first-order valence-corrected chi connectivity index (χ1v) is 2.83. The zero-order chi connectivity index (χ0) is 7.40. The van der Waals surface area contributed by atoms with Crippen LogP contribution in [0.3, 0.4) is 0 Å². The van der Waals surface area contributed by atoms with E-state index in [0.29, 0.717) is 5.69 Å². The van der Waals surface area contributed by atoms with Gasteiger partial charge in [0.15, 0.2) is 0 Å². The minimum absolute atomic E-state index is 0.104. The normalized spacial score (nSPS) is 8.90. The van der Waals surface area contributed by atoms with E-state index in [0.717, 1.165) is 0 Å². The summed E-state index contributed by atoms with van der Waals surface area (Å²) >= 11 is 0. The highest BCUT2D eigenvalue weighted by atomic mass is 16.1. The fraction of sp³-hybridized carbons (Fsp3) is 0.167. The summed E-state index contributed by atoms with van der Waals surface area (Å²) in [5.41, 5.74) is 0.669. The van der Waals surface area contributed by atoms with Crippen LogP contribution >= 0.6 is 0 Å². The van der Waals surface area contributed by atoms with E-state index in [1.54, 1.807) is 6.07 Å². The lowest BCUT2D eigenvalue weighted by Gasteiger charge is -1.96. The van der Waals surface area contributed by atoms with Crippen LogP contribution in [0.4, 0.5) is 5.69 Å². The summed E-state index contributed by atoms with van der Waals surface area (Å²) in [5, 5.41) is 9.69. The van der Waals surface area contributed by atoms with Crippen LogP contribution in [-0.2, 0) is 4.79 Å². The third kappa shape index (κ3) is 1.81. The fourth-order valence-corrected chi connectivity index (χ4v) is 0.568. The van der Waals surface area contributed by atoms with E-state index in [9.17, 15) is 4.79 Å². The molecule has 0 radical (unpaired) electrons. The van der Waals surface area contributed by atoms with E-state index >= 15 is 0 Å². The maximum atomic E-state index is 10.5. The number of rotatable bonds is 1. The standard InChI is InChI=1S/C6H7N3O/c1-5(10)9-6-2-3-7-8-4-6/h2-4H,1H3,(H,7,9,10). The predicted molar refractivity (Wildman–Crippen MR) is 36.3 cm³/mol. The molecule has 1 N–H and O–H groups in total. The van der Waals surface area contributed by atoms with Gasteiger partial charge >= 0.3 is 0 Å². The number of nitrogens with zero attached hydrogens (tertiary/aromatic N) is 2. The van der Waals surface area contributed by atoms with Crippen molar-refractivity contribution in [3.63, 3.8) is 0 Å². The van der Waals surface area contributed by atoms with Crippen molar-refractivity contribution in [1.29, 1.82) is 0 Å². The zero-order valence-electron chi connectivity index (χ0n) is 5.53. The highest BCUT2D eigenvalue weighted by Gasteiger charge is 1.91. The lowest BCUT2D eigenvalue weighted by atomic mass is 10.5. The third-order valence-electron chi connectivity index (χ3n) is 0.905. The molecule has 1 heterocycles. The van der Waals surface area contributed by atoms with Gasteiger partial charge in [-0.3, -0.25) is 4.79 Å². The van der Waals surface area contributed by atoms with Crippen molar-refractivity contribution in [2.24, 2.45) is 0 Å². The molecule has 1 rings (SSSR count). The van der Waals surface area contributed by atoms with E-state index in [2.05, 4.69) is 15.5 Å². The Bertz CT molecular complexity index is 222. The van der Waals surface area contributed by atoms with Gasteiger partial charge in [-0.1, -0.05) is 0 Å². The van der Waals surface area contributed by atoms with Gasteiger partial charge in [0, 0.05) is 6.92 Å². The number of aromatic nitrogens is 2. The molecule has 0 atom stereocenters. The number of hydrogen-bond acceptors (Lipinski definition) is 3. The largest absolute Gasteiger partial charge is 0.325 e. The van der Waals surface area contributed by atoms with Crippen LogP contribution in [0.25, 0.3) is 0 Å². The monoisotopic (exact) mass is 137 g/mol. The van der Waals surface area contributed by atoms with Gasteiger partial charge in [0.25, 0.3) is 0 Å². The van der Waals surface area contributed by atoms with Crippen LogP contribution in [0, 0.1) is 0 Å². The highest BCUT2D eigenvalue weighted by Crippen LogP contribution is 1.99. The second-order valence-electron chi connectivity index (χ2n) is 1.81. The fourth-order valence-electron chi connectivity index (χ4n) is 0.568. The Kier molecular flexibility index (Phi) is 1.94. The molecule has 1 aromatic heterocycles. The quantitative estimate of drug-likeness (QED) is 0.610. The third-order valence-corrected chi connectivity index (χ3v) is 0.905. The van der Waals surface area contributed by atoms with Crippen LogP contribution in [-0.4, -0.2) is 16.1 Å². The van der Waals surface area contributed by atoms with E-state index in [1.807, 2.05) is 0 Å². The smallest absolute Gasteiger partial charge is 0.221 e. The summed E-state index contributed by atoms with van der Waals surface area (Å²) in [6.45, 7) is 1.44. The van der Waals surface area contributed by atoms with Crippen LogP contribution in [0.15, 0.2) is 18.5 Å². The lowest BCUT2D eigenvalue weighted by molar-refractivity contribution is -0.114. The van der Waals surface area contributed by atoms with Crippen molar-refractivity contribution in [2.45, 2.75) is 6.92 Å². The van der Waals surface area contributed by atoms with Gasteiger partial charge in [-0.05, 0) is 6.07 Å². The van der Waals surface area contributed by atoms with Crippen LogP contribution in [0.5, 0.6) is 0 Å². The maximum absolute atomic E-state index is 10.5. The van der Waals surface area contributed by atoms with Crippen molar-refractivity contribution in [1.82, 2.24) is 10.2 Å². The van der Waals surface area contributed by atoms with E-state index in [-0.39, 0.29) is 5.91 Å². The second-order valence-corrected chi connectivity index (χ2v) is 1.81. The average Bonchev–Trinajstić information content (AvgIpc) is 1.88. The zero-order valence-corrected chi connectivity index (χ0v) is 5.53. The Labute approximate surface area is 58.3 Å². The number of nitrogens with one attached hydrogen (secondary N) is 1. The number of carbonyl (C=O) groups excluding carboxylic acids is 1. The van der Waals surface area contributed by atoms with Gasteiger partial charge < -0.3 is 5.32 Å². The number of hydrogen-bond donors (Lipinski definition) is 1. The van der Waals surface area contributed by atoms with Crippen LogP contribution in [0.1, 0.15) is 6.92 Å². The molecule has 10 heavy (non-hydrogen) atoms. The molecule has 0 saturated heterocycles. The lowest BCUT2D eigenvalue weighted by Crippen LogP contribution is -2.05. The second kappa shape index (κ2) is 2.91. The van der Waals surface area contributed by atoms with Crippen molar-refractivity contribution in [3.8, 4) is 0 Å². The molecule has 0 unspecified atom stereocenters. The van der Waals surface area contributed by atoms with Crippen molar-refractivity contribution < 1.29 is 4.79 Å². The maximum Gasteiger partial charge on any atom is 0.221 e. The molecule has 0 aliphatic rings. The summed E-state index contributed by atoms with van der Waals surface area (Å²) in [6.07, 6.45) is 3.01. The summed E-state index contributed by atoms with van der Waals surface area (Å²) < 4.78 is 0. The average molecular weight is 137 g/mol. The van der Waals surface area contributed by atoms with Gasteiger partial charge in [-0.2, -0.15) is 10.2 Å². The van der Waals surface area contributed by atoms with Gasteiger partial charge in [0.2, 0.25) is 5.91 Å². The Morgan fingerprint density at radius 3 is 2.90 bits per heavy atom. The van der Waals surface area contributed by atoms with E-state index in [4.69, 9.17) is 0 Å². The first-order chi connectivity index (χ1) is 4.79. The van der Waals surface area contributed by atoms with Crippen LogP contribution in [0.2, 0.25) is 0 Å². The molecule has 0 aromatic carbocycles. The first kappa shape index (κ1) is 6.67. The van der Waals surface area contributed by atoms with Gasteiger partial charge in [-0.25, -0.2) is 0 Å². The Balaban J connectivity index is 2.67. The van der Waals surface area contributed by atoms with E-state index < -0.39 is 0 Å². The van der Waals surface area contributed by atoms with Gasteiger partial charge in [-0.15, -0.1) is 0 Å². The summed E-state index contributed by atoms with van der Waals surface area (Å²) in [5.74, 6) is -0.104. The Morgan fingerprint density at radius 2 is 2.40 bits per heavy atom. The Hall–Kier alpha value is -1.45. The van der Waals surface area contributed by atoms with E-state index in [1.165, 1.54) is 19.3 Å². The minimum atomic E-state index is -0.104. The molecule has 0 fully saturated rings. The summed E-state index contributed by atoms with van der Waals surface area (Å²) in [7, 11) is 0. The molecule has 4 nitrogen and oxygen atoms in total. The predicted octanol–water partition coefficient (Wildman–Crippen LogP) is 0.435. The van der Waals surface area contributed by atoms with Crippen LogP contribution < -0.4 is 5.32 Å². The SMILES string of the molecule is CC(=O)Nc1ccnnc1. The minimum Gasteiger partial charge on any atom is -0.325 e. The number of carbonyl (C=O) groups is 1. The van der Waals surface area contributed by atoms with Crippen molar-refractivity contribution in [2.75, 3.05) is 5.32 Å². The molecule has 1 aromatic rings. The molecule has 4 heteroatoms. The first-order valence-electron chi connectivity index (χ1n) is 2.83. The summed E-state index contributed by atoms with van der Waals surface area (Å²) in [4.78, 5) is 10.5. The molecule has 0 aliphatic heterocycles. The van der Waals surface area contributed by atoms with Crippen molar-refractivity contribution in [3.05, 3.63) is 18.5 Å². The summed E-state index contributed by atoms with van der Waals surface area (Å²) in [6, 6.07) is 1.67.